The molecule has 1 aliphatic heterocycles. The number of aromatic carboxylic acids is 1. The predicted octanol–water partition coefficient (Wildman–Crippen LogP) is 2.86. The molecule has 1 saturated heterocycles. The Kier molecular flexibility index (Phi) is 5.35. The Morgan fingerprint density at radius 1 is 1.52 bits per heavy atom. The van der Waals surface area contributed by atoms with Gasteiger partial charge in [-0.05, 0) is 13.0 Å². The number of nitrogens with one attached hydrogen (secondary N) is 1. The highest BCUT2D eigenvalue weighted by atomic mass is 32.2. The van der Waals surface area contributed by atoms with E-state index in [9.17, 15) is 14.9 Å². The number of anilines is 1. The van der Waals surface area contributed by atoms with Crippen molar-refractivity contribution in [3.8, 4) is 0 Å². The fourth-order valence-corrected chi connectivity index (χ4v) is 4.69. The molecular weight excluding hydrogens is 312 g/mol. The fraction of sp³-hybridized carbons (Fsp3) is 0.462. The molecule has 2 rings (SSSR count). The largest absolute Gasteiger partial charge is 0.478 e. The number of benzene rings is 1. The molecular formula is C13H16N2O4S2. The van der Waals surface area contributed by atoms with Gasteiger partial charge in [-0.25, -0.2) is 4.79 Å². The molecule has 6 nitrogen and oxygen atoms in total. The number of hydrogen-bond acceptors (Lipinski definition) is 6. The third-order valence-electron chi connectivity index (χ3n) is 3.23. The quantitative estimate of drug-likeness (QED) is 0.634. The van der Waals surface area contributed by atoms with E-state index in [1.54, 1.807) is 6.92 Å². The van der Waals surface area contributed by atoms with Crippen LogP contribution in [0.15, 0.2) is 12.1 Å². The Morgan fingerprint density at radius 3 is 2.86 bits per heavy atom. The number of nitro groups is 1. The van der Waals surface area contributed by atoms with Crippen LogP contribution >= 0.6 is 23.5 Å². The van der Waals surface area contributed by atoms with Gasteiger partial charge in [0.05, 0.1) is 10.5 Å². The van der Waals surface area contributed by atoms with Crippen LogP contribution in [0.2, 0.25) is 0 Å². The normalized spacial score (nSPS) is 18.2. The van der Waals surface area contributed by atoms with Crippen LogP contribution in [0.1, 0.15) is 15.9 Å². The monoisotopic (exact) mass is 328 g/mol. The van der Waals surface area contributed by atoms with Gasteiger partial charge in [-0.3, -0.25) is 10.1 Å². The van der Waals surface area contributed by atoms with Crippen molar-refractivity contribution in [3.05, 3.63) is 33.4 Å². The van der Waals surface area contributed by atoms with Crippen molar-refractivity contribution in [1.29, 1.82) is 0 Å². The van der Waals surface area contributed by atoms with E-state index in [1.165, 1.54) is 6.07 Å². The molecule has 0 bridgehead atoms. The lowest BCUT2D eigenvalue weighted by molar-refractivity contribution is -0.385. The van der Waals surface area contributed by atoms with Gasteiger partial charge in [-0.1, -0.05) is 0 Å². The second-order valence-electron chi connectivity index (χ2n) is 4.68. The number of carbonyl (C=O) groups is 1. The third-order valence-corrected chi connectivity index (χ3v) is 6.07. The van der Waals surface area contributed by atoms with Gasteiger partial charge >= 0.3 is 5.97 Å². The lowest BCUT2D eigenvalue weighted by atomic mass is 10.1. The fourth-order valence-electron chi connectivity index (χ4n) is 2.07. The molecule has 0 spiro atoms. The van der Waals surface area contributed by atoms with E-state index in [0.717, 1.165) is 23.3 Å². The highest BCUT2D eigenvalue weighted by molar-refractivity contribution is 8.06. The first-order chi connectivity index (χ1) is 9.99. The highest BCUT2D eigenvalue weighted by Crippen LogP contribution is 2.29. The lowest BCUT2D eigenvalue weighted by Crippen LogP contribution is -2.23. The average molecular weight is 328 g/mol. The van der Waals surface area contributed by atoms with Gasteiger partial charge in [0.2, 0.25) is 0 Å². The molecule has 1 unspecified atom stereocenters. The molecule has 1 atom stereocenters. The molecule has 0 radical (unpaired) electrons. The summed E-state index contributed by atoms with van der Waals surface area (Å²) >= 11 is 3.77. The van der Waals surface area contributed by atoms with Gasteiger partial charge < -0.3 is 10.4 Å². The average Bonchev–Trinajstić information content (AvgIpc) is 2.46. The third kappa shape index (κ3) is 4.04. The van der Waals surface area contributed by atoms with E-state index in [0.29, 0.717) is 23.0 Å². The summed E-state index contributed by atoms with van der Waals surface area (Å²) in [6.07, 6.45) is 0. The second kappa shape index (κ2) is 7.04. The first-order valence-corrected chi connectivity index (χ1v) is 8.65. The maximum absolute atomic E-state index is 11.1. The minimum atomic E-state index is -1.16. The Labute approximate surface area is 130 Å². The molecule has 21 heavy (non-hydrogen) atoms. The minimum Gasteiger partial charge on any atom is -0.478 e. The summed E-state index contributed by atoms with van der Waals surface area (Å²) in [5.41, 5.74) is 0.764. The molecule has 1 aliphatic rings. The van der Waals surface area contributed by atoms with E-state index in [4.69, 9.17) is 5.11 Å². The van der Waals surface area contributed by atoms with E-state index < -0.39 is 10.9 Å². The number of hydrogen-bond donors (Lipinski definition) is 2. The van der Waals surface area contributed by atoms with Crippen molar-refractivity contribution in [3.63, 3.8) is 0 Å². The maximum atomic E-state index is 11.1. The van der Waals surface area contributed by atoms with Gasteiger partial charge in [-0.15, -0.1) is 0 Å². The molecule has 8 heteroatoms. The molecule has 1 aromatic carbocycles. The second-order valence-corrected chi connectivity index (χ2v) is 7.24. The zero-order chi connectivity index (χ0) is 15.4. The van der Waals surface area contributed by atoms with Crippen molar-refractivity contribution in [2.45, 2.75) is 12.2 Å². The Bertz CT molecular complexity index is 559. The van der Waals surface area contributed by atoms with Crippen LogP contribution in [0.4, 0.5) is 11.4 Å². The zero-order valence-corrected chi connectivity index (χ0v) is 13.1. The number of nitro benzene ring substituents is 1. The van der Waals surface area contributed by atoms with Crippen LogP contribution in [-0.4, -0.2) is 45.1 Å². The number of carboxylic acid groups (broad SMARTS) is 1. The van der Waals surface area contributed by atoms with Crippen molar-refractivity contribution in [2.75, 3.05) is 29.1 Å². The van der Waals surface area contributed by atoms with Gasteiger partial charge in [0.25, 0.3) is 5.69 Å². The summed E-state index contributed by atoms with van der Waals surface area (Å²) < 4.78 is 0. The van der Waals surface area contributed by atoms with Crippen LogP contribution in [0, 0.1) is 17.0 Å². The van der Waals surface area contributed by atoms with Crippen molar-refractivity contribution in [2.24, 2.45) is 0 Å². The van der Waals surface area contributed by atoms with Crippen molar-refractivity contribution < 1.29 is 14.8 Å². The summed E-state index contributed by atoms with van der Waals surface area (Å²) in [7, 11) is 0. The van der Waals surface area contributed by atoms with Crippen LogP contribution in [0.3, 0.4) is 0 Å². The van der Waals surface area contributed by atoms with Crippen LogP contribution < -0.4 is 5.32 Å². The number of carboxylic acids is 1. The molecule has 2 N–H and O–H groups in total. The molecule has 0 saturated carbocycles. The maximum Gasteiger partial charge on any atom is 0.336 e. The van der Waals surface area contributed by atoms with E-state index in [-0.39, 0.29) is 11.3 Å². The number of rotatable bonds is 5. The van der Waals surface area contributed by atoms with Crippen LogP contribution in [0.5, 0.6) is 0 Å². The summed E-state index contributed by atoms with van der Waals surface area (Å²) in [5.74, 6) is 2.13. The summed E-state index contributed by atoms with van der Waals surface area (Å²) in [4.78, 5) is 21.6. The van der Waals surface area contributed by atoms with Crippen LogP contribution in [-0.2, 0) is 0 Å². The number of thioether (sulfide) groups is 2. The predicted molar refractivity (Wildman–Crippen MR) is 86.9 cm³/mol. The molecule has 0 aliphatic carbocycles. The Hall–Kier alpha value is -1.41. The SMILES string of the molecule is Cc1c(NCC2CSCCS2)cc(C(=O)O)cc1[N+](=O)[O-]. The summed E-state index contributed by atoms with van der Waals surface area (Å²) in [6, 6.07) is 2.57. The van der Waals surface area contributed by atoms with E-state index in [2.05, 4.69) is 5.32 Å². The number of nitrogens with zero attached hydrogens (tertiary/aromatic N) is 1. The highest BCUT2D eigenvalue weighted by Gasteiger charge is 2.20. The Morgan fingerprint density at radius 2 is 2.29 bits per heavy atom. The smallest absolute Gasteiger partial charge is 0.336 e. The molecule has 0 amide bonds. The van der Waals surface area contributed by atoms with Crippen LogP contribution in [0.25, 0.3) is 0 Å². The van der Waals surface area contributed by atoms with E-state index >= 15 is 0 Å². The molecule has 1 aromatic rings. The standard InChI is InChI=1S/C13H16N2O4S2/c1-8-11(14-6-10-7-20-2-3-21-10)4-9(13(16)17)5-12(8)15(18)19/h4-5,10,14H,2-3,6-7H2,1H3,(H,16,17). The Balaban J connectivity index is 2.20. The van der Waals surface area contributed by atoms with Crippen molar-refractivity contribution >= 4 is 40.9 Å². The minimum absolute atomic E-state index is 0.0690. The van der Waals surface area contributed by atoms with Gasteiger partial charge in [-0.2, -0.15) is 23.5 Å². The van der Waals surface area contributed by atoms with Crippen molar-refractivity contribution in [1.82, 2.24) is 0 Å². The van der Waals surface area contributed by atoms with Gasteiger partial charge in [0.15, 0.2) is 0 Å². The zero-order valence-electron chi connectivity index (χ0n) is 11.5. The first kappa shape index (κ1) is 16.0. The molecule has 0 aromatic heterocycles. The summed E-state index contributed by atoms with van der Waals surface area (Å²) in [5, 5.41) is 23.7. The molecule has 114 valence electrons. The topological polar surface area (TPSA) is 92.5 Å². The van der Waals surface area contributed by atoms with Gasteiger partial charge in [0, 0.05) is 46.4 Å². The first-order valence-electron chi connectivity index (χ1n) is 6.44. The molecule has 1 fully saturated rings. The van der Waals surface area contributed by atoms with E-state index in [1.807, 2.05) is 23.5 Å². The summed E-state index contributed by atoms with van der Waals surface area (Å²) in [6.45, 7) is 2.31. The molecule has 1 heterocycles. The van der Waals surface area contributed by atoms with Gasteiger partial charge in [0.1, 0.15) is 0 Å². The lowest BCUT2D eigenvalue weighted by Gasteiger charge is -2.22.